The van der Waals surface area contributed by atoms with Gasteiger partial charge in [0, 0.05) is 12.6 Å². The first-order chi connectivity index (χ1) is 8.66. The summed E-state index contributed by atoms with van der Waals surface area (Å²) < 4.78 is 5.24. The Balaban J connectivity index is 2.41. The fourth-order valence-electron chi connectivity index (χ4n) is 2.22. The molecule has 0 aliphatic carbocycles. The van der Waals surface area contributed by atoms with Crippen LogP contribution in [0.5, 0.6) is 0 Å². The van der Waals surface area contributed by atoms with Crippen LogP contribution in [0, 0.1) is 0 Å². The van der Waals surface area contributed by atoms with Gasteiger partial charge in [-0.05, 0) is 33.2 Å². The molecule has 0 radical (unpaired) electrons. The molecule has 106 valence electrons. The van der Waals surface area contributed by atoms with Crippen molar-refractivity contribution in [3.05, 3.63) is 0 Å². The third kappa shape index (κ3) is 4.92. The highest BCUT2D eigenvalue weighted by Gasteiger charge is 2.26. The van der Waals surface area contributed by atoms with Crippen LogP contribution in [0.1, 0.15) is 33.1 Å². The van der Waals surface area contributed by atoms with Crippen molar-refractivity contribution in [1.29, 1.82) is 0 Å². The lowest BCUT2D eigenvalue weighted by Gasteiger charge is -2.32. The summed E-state index contributed by atoms with van der Waals surface area (Å²) in [7, 11) is 0. The zero-order valence-electron chi connectivity index (χ0n) is 11.5. The molecule has 1 aliphatic rings. The molecular formula is C13H26N2O3. The number of carbonyl (C=O) groups is 1. The lowest BCUT2D eigenvalue weighted by Crippen LogP contribution is -2.51. The molecule has 0 aromatic heterocycles. The van der Waals surface area contributed by atoms with Crippen molar-refractivity contribution >= 4 is 5.91 Å². The number of nitrogens with one attached hydrogen (secondary N) is 1. The maximum atomic E-state index is 12.4. The van der Waals surface area contributed by atoms with Crippen molar-refractivity contribution in [3.63, 3.8) is 0 Å². The summed E-state index contributed by atoms with van der Waals surface area (Å²) in [6.45, 7) is 6.41. The van der Waals surface area contributed by atoms with Crippen molar-refractivity contribution in [2.24, 2.45) is 0 Å². The molecule has 1 saturated heterocycles. The highest BCUT2D eigenvalue weighted by atomic mass is 16.5. The first kappa shape index (κ1) is 15.4. The Labute approximate surface area is 109 Å². The van der Waals surface area contributed by atoms with Gasteiger partial charge < -0.3 is 20.1 Å². The Bertz CT molecular complexity index is 240. The zero-order valence-corrected chi connectivity index (χ0v) is 11.5. The van der Waals surface area contributed by atoms with Gasteiger partial charge in [-0.1, -0.05) is 6.42 Å². The number of nitrogens with zero attached hydrogens (tertiary/aromatic N) is 1. The molecule has 1 rings (SSSR count). The van der Waals surface area contributed by atoms with Crippen molar-refractivity contribution in [2.45, 2.75) is 45.2 Å². The van der Waals surface area contributed by atoms with E-state index in [2.05, 4.69) is 5.32 Å². The number of hydrogen-bond donors (Lipinski definition) is 2. The summed E-state index contributed by atoms with van der Waals surface area (Å²) in [6, 6.07) is 0.151. The van der Waals surface area contributed by atoms with Crippen molar-refractivity contribution in [3.8, 4) is 0 Å². The number of rotatable bonds is 7. The normalized spacial score (nSPS) is 20.1. The maximum absolute atomic E-state index is 12.4. The fraction of sp³-hybridized carbons (Fsp3) is 0.923. The smallest absolute Gasteiger partial charge is 0.240 e. The van der Waals surface area contributed by atoms with Gasteiger partial charge in [-0.15, -0.1) is 0 Å². The summed E-state index contributed by atoms with van der Waals surface area (Å²) in [4.78, 5) is 14.2. The predicted octanol–water partition coefficient (Wildman–Crippen LogP) is 0.374. The Morgan fingerprint density at radius 1 is 1.44 bits per heavy atom. The van der Waals surface area contributed by atoms with E-state index in [1.807, 2.05) is 18.7 Å². The Kier molecular flexibility index (Phi) is 7.23. The van der Waals surface area contributed by atoms with Gasteiger partial charge in [0.15, 0.2) is 0 Å². The van der Waals surface area contributed by atoms with E-state index in [9.17, 15) is 4.79 Å². The molecule has 0 aromatic carbocycles. The van der Waals surface area contributed by atoms with Crippen LogP contribution >= 0.6 is 0 Å². The number of aliphatic hydroxyl groups excluding tert-OH is 1. The minimum Gasteiger partial charge on any atom is -0.394 e. The summed E-state index contributed by atoms with van der Waals surface area (Å²) in [5.74, 6) is 0.178. The lowest BCUT2D eigenvalue weighted by molar-refractivity contribution is -0.136. The second kappa shape index (κ2) is 8.45. The first-order valence-corrected chi connectivity index (χ1v) is 6.89. The van der Waals surface area contributed by atoms with Crippen LogP contribution in [-0.4, -0.2) is 60.9 Å². The molecule has 0 unspecified atom stereocenters. The summed E-state index contributed by atoms with van der Waals surface area (Å²) in [5, 5.41) is 11.9. The highest BCUT2D eigenvalue weighted by molar-refractivity contribution is 5.82. The van der Waals surface area contributed by atoms with Gasteiger partial charge in [0.05, 0.1) is 25.9 Å². The van der Waals surface area contributed by atoms with E-state index in [-0.39, 0.29) is 24.6 Å². The van der Waals surface area contributed by atoms with Gasteiger partial charge >= 0.3 is 0 Å². The average Bonchev–Trinajstić information content (AvgIpc) is 2.39. The van der Waals surface area contributed by atoms with Gasteiger partial charge in [0.1, 0.15) is 0 Å². The molecule has 1 heterocycles. The molecule has 1 aliphatic heterocycles. The van der Waals surface area contributed by atoms with E-state index < -0.39 is 0 Å². The van der Waals surface area contributed by atoms with Gasteiger partial charge in [0.25, 0.3) is 0 Å². The number of aliphatic hydroxyl groups is 1. The predicted molar refractivity (Wildman–Crippen MR) is 70.4 cm³/mol. The van der Waals surface area contributed by atoms with Crippen LogP contribution < -0.4 is 5.32 Å². The fourth-order valence-corrected chi connectivity index (χ4v) is 2.22. The molecule has 1 amide bonds. The lowest BCUT2D eigenvalue weighted by atomic mass is 10.0. The monoisotopic (exact) mass is 258 g/mol. The summed E-state index contributed by atoms with van der Waals surface area (Å²) in [6.07, 6.45) is 3.21. The van der Waals surface area contributed by atoms with E-state index in [4.69, 9.17) is 9.84 Å². The molecule has 1 atom stereocenters. The first-order valence-electron chi connectivity index (χ1n) is 6.89. The van der Waals surface area contributed by atoms with E-state index >= 15 is 0 Å². The van der Waals surface area contributed by atoms with Gasteiger partial charge in [-0.3, -0.25) is 4.79 Å². The maximum Gasteiger partial charge on any atom is 0.240 e. The third-order valence-electron chi connectivity index (χ3n) is 3.23. The molecule has 0 bridgehead atoms. The Morgan fingerprint density at radius 3 is 2.78 bits per heavy atom. The van der Waals surface area contributed by atoms with E-state index in [0.717, 1.165) is 25.8 Å². The number of hydrogen-bond acceptors (Lipinski definition) is 4. The molecule has 1 fully saturated rings. The van der Waals surface area contributed by atoms with Crippen molar-refractivity contribution < 1.29 is 14.6 Å². The zero-order chi connectivity index (χ0) is 13.4. The number of ether oxygens (including phenoxy) is 1. The van der Waals surface area contributed by atoms with Crippen LogP contribution in [0.3, 0.4) is 0 Å². The van der Waals surface area contributed by atoms with Gasteiger partial charge in [-0.2, -0.15) is 0 Å². The third-order valence-corrected chi connectivity index (χ3v) is 3.23. The standard InChI is InChI=1S/C13H26N2O3/c1-11(2)15(7-9-18-10-8-16)13(17)12-5-3-4-6-14-12/h11-12,14,16H,3-10H2,1-2H3/t12-/m1/s1. The molecule has 0 aromatic rings. The largest absolute Gasteiger partial charge is 0.394 e. The van der Waals surface area contributed by atoms with Crippen LogP contribution in [0.15, 0.2) is 0 Å². The number of carbonyl (C=O) groups excluding carboxylic acids is 1. The molecule has 5 nitrogen and oxygen atoms in total. The molecule has 2 N–H and O–H groups in total. The minimum atomic E-state index is -0.0287. The Morgan fingerprint density at radius 2 is 2.22 bits per heavy atom. The quantitative estimate of drug-likeness (QED) is 0.648. The number of piperidine rings is 1. The average molecular weight is 258 g/mol. The molecular weight excluding hydrogens is 232 g/mol. The van der Waals surface area contributed by atoms with Crippen LogP contribution in [0.4, 0.5) is 0 Å². The van der Waals surface area contributed by atoms with Crippen molar-refractivity contribution in [1.82, 2.24) is 10.2 Å². The van der Waals surface area contributed by atoms with E-state index in [1.54, 1.807) is 0 Å². The second-order valence-corrected chi connectivity index (χ2v) is 4.96. The second-order valence-electron chi connectivity index (χ2n) is 4.96. The Hall–Kier alpha value is -0.650. The number of amides is 1. The van der Waals surface area contributed by atoms with E-state index in [1.165, 1.54) is 0 Å². The molecule has 0 saturated carbocycles. The van der Waals surface area contributed by atoms with Gasteiger partial charge in [-0.25, -0.2) is 0 Å². The van der Waals surface area contributed by atoms with E-state index in [0.29, 0.717) is 19.8 Å². The van der Waals surface area contributed by atoms with Crippen LogP contribution in [0.25, 0.3) is 0 Å². The van der Waals surface area contributed by atoms with Crippen LogP contribution in [0.2, 0.25) is 0 Å². The van der Waals surface area contributed by atoms with Crippen molar-refractivity contribution in [2.75, 3.05) is 32.9 Å². The SMILES string of the molecule is CC(C)N(CCOCCO)C(=O)[C@H]1CCCCN1. The minimum absolute atomic E-state index is 0.0276. The highest BCUT2D eigenvalue weighted by Crippen LogP contribution is 2.11. The molecule has 18 heavy (non-hydrogen) atoms. The van der Waals surface area contributed by atoms with Crippen LogP contribution in [-0.2, 0) is 9.53 Å². The van der Waals surface area contributed by atoms with Gasteiger partial charge in [0.2, 0.25) is 5.91 Å². The molecule has 5 heteroatoms. The molecule has 0 spiro atoms. The topological polar surface area (TPSA) is 61.8 Å². The summed E-state index contributed by atoms with van der Waals surface area (Å²) in [5.41, 5.74) is 0. The summed E-state index contributed by atoms with van der Waals surface area (Å²) >= 11 is 0.